The molecule has 1 aliphatic carbocycles. The molecule has 2 aromatic rings. The minimum atomic E-state index is -0.786. The number of thiophene rings is 1. The highest BCUT2D eigenvalue weighted by Crippen LogP contribution is 2.40. The maximum Gasteiger partial charge on any atom is 0.238 e. The molecule has 1 amide bonds. The Kier molecular flexibility index (Phi) is 5.36. The Morgan fingerprint density at radius 2 is 2.17 bits per heavy atom. The van der Waals surface area contributed by atoms with Crippen LogP contribution in [0.2, 0.25) is 0 Å². The van der Waals surface area contributed by atoms with Crippen molar-refractivity contribution < 1.29 is 9.18 Å². The standard InChI is InChI=1S/C22H21FN4OS/c1-12-6-15-9-18(12)21(26-15)22(28)27-16(10-24)7-13-2-3-14(8-19(13)23)20-5-4-17(11-25)29-20/h2-5,8,12,15-16,18,21,26H,6-7,9H2,1H3,(H,27,28)/t12?,15?,16-,18?,21?/m0/s1. The minimum Gasteiger partial charge on any atom is -0.339 e. The molecule has 148 valence electrons. The van der Waals surface area contributed by atoms with Crippen LogP contribution in [0.4, 0.5) is 4.39 Å². The van der Waals surface area contributed by atoms with Gasteiger partial charge in [-0.15, -0.1) is 11.3 Å². The van der Waals surface area contributed by atoms with Crippen LogP contribution < -0.4 is 10.6 Å². The Balaban J connectivity index is 1.43. The van der Waals surface area contributed by atoms with Crippen molar-refractivity contribution in [1.29, 1.82) is 10.5 Å². The van der Waals surface area contributed by atoms with Crippen molar-refractivity contribution in [3.05, 3.63) is 46.6 Å². The van der Waals surface area contributed by atoms with E-state index in [1.54, 1.807) is 24.3 Å². The number of hydrogen-bond donors (Lipinski definition) is 2. The third kappa shape index (κ3) is 3.89. The van der Waals surface area contributed by atoms with Gasteiger partial charge >= 0.3 is 0 Å². The number of nitrogens with zero attached hydrogens (tertiary/aromatic N) is 2. The summed E-state index contributed by atoms with van der Waals surface area (Å²) < 4.78 is 14.6. The van der Waals surface area contributed by atoms with Crippen LogP contribution in [0.3, 0.4) is 0 Å². The number of hydrogen-bond acceptors (Lipinski definition) is 5. The first-order chi connectivity index (χ1) is 14.0. The lowest BCUT2D eigenvalue weighted by Gasteiger charge is -2.28. The van der Waals surface area contributed by atoms with Crippen molar-refractivity contribution in [2.45, 2.75) is 44.3 Å². The number of carbonyl (C=O) groups is 1. The Bertz CT molecular complexity index is 1020. The molecule has 1 aliphatic heterocycles. The smallest absolute Gasteiger partial charge is 0.238 e. The van der Waals surface area contributed by atoms with Gasteiger partial charge in [-0.05, 0) is 54.0 Å². The van der Waals surface area contributed by atoms with Crippen LogP contribution in [0, 0.1) is 40.3 Å². The minimum absolute atomic E-state index is 0.110. The van der Waals surface area contributed by atoms with Gasteiger partial charge in [0.15, 0.2) is 0 Å². The zero-order chi connectivity index (χ0) is 20.5. The van der Waals surface area contributed by atoms with Gasteiger partial charge in [-0.1, -0.05) is 19.1 Å². The van der Waals surface area contributed by atoms with Crippen LogP contribution in [0.15, 0.2) is 30.3 Å². The number of carbonyl (C=O) groups excluding carboxylic acids is 1. The molecule has 2 aliphatic rings. The lowest BCUT2D eigenvalue weighted by atomic mass is 9.89. The van der Waals surface area contributed by atoms with Gasteiger partial charge < -0.3 is 10.6 Å². The SMILES string of the molecule is CC1CC2CC1C(C(=O)N[C@H](C#N)Cc1ccc(-c3ccc(C#N)s3)cc1F)N2. The Labute approximate surface area is 173 Å². The fourth-order valence-electron chi connectivity index (χ4n) is 4.56. The maximum absolute atomic E-state index is 14.6. The first-order valence-corrected chi connectivity index (χ1v) is 10.5. The summed E-state index contributed by atoms with van der Waals surface area (Å²) in [5.41, 5.74) is 1.07. The summed E-state index contributed by atoms with van der Waals surface area (Å²) in [6.45, 7) is 2.16. The summed E-state index contributed by atoms with van der Waals surface area (Å²) in [6.07, 6.45) is 2.20. The molecular formula is C22H21FN4OS. The topological polar surface area (TPSA) is 88.7 Å². The second kappa shape index (κ2) is 7.94. The van der Waals surface area contributed by atoms with Gasteiger partial charge in [0.05, 0.1) is 12.1 Å². The predicted molar refractivity (Wildman–Crippen MR) is 108 cm³/mol. The number of rotatable bonds is 5. The molecule has 1 saturated heterocycles. The van der Waals surface area contributed by atoms with E-state index in [-0.39, 0.29) is 18.4 Å². The third-order valence-corrected chi connectivity index (χ3v) is 7.06. The van der Waals surface area contributed by atoms with Gasteiger partial charge in [-0.25, -0.2) is 4.39 Å². The van der Waals surface area contributed by atoms with Crippen LogP contribution in [-0.4, -0.2) is 24.0 Å². The maximum atomic E-state index is 14.6. The van der Waals surface area contributed by atoms with E-state index in [4.69, 9.17) is 5.26 Å². The number of fused-ring (bicyclic) bond motifs is 2. The van der Waals surface area contributed by atoms with Gasteiger partial charge in [0.25, 0.3) is 0 Å². The van der Waals surface area contributed by atoms with Gasteiger partial charge in [0.2, 0.25) is 5.91 Å². The van der Waals surface area contributed by atoms with Gasteiger partial charge in [0.1, 0.15) is 22.8 Å². The van der Waals surface area contributed by atoms with Crippen LogP contribution in [0.25, 0.3) is 10.4 Å². The number of nitriles is 2. The van der Waals surface area contributed by atoms with Crippen molar-refractivity contribution >= 4 is 17.2 Å². The molecule has 4 unspecified atom stereocenters. The van der Waals surface area contributed by atoms with Crippen LogP contribution in [0.1, 0.15) is 30.2 Å². The Morgan fingerprint density at radius 1 is 1.34 bits per heavy atom. The largest absolute Gasteiger partial charge is 0.339 e. The third-order valence-electron chi connectivity index (χ3n) is 6.02. The molecule has 1 aromatic heterocycles. The van der Waals surface area contributed by atoms with Gasteiger partial charge in [-0.2, -0.15) is 10.5 Å². The monoisotopic (exact) mass is 408 g/mol. The van der Waals surface area contributed by atoms with Crippen LogP contribution in [0.5, 0.6) is 0 Å². The lowest BCUT2D eigenvalue weighted by molar-refractivity contribution is -0.124. The van der Waals surface area contributed by atoms with E-state index in [0.29, 0.717) is 33.9 Å². The first-order valence-electron chi connectivity index (χ1n) is 9.73. The molecule has 0 radical (unpaired) electrons. The van der Waals surface area contributed by atoms with E-state index < -0.39 is 11.9 Å². The van der Waals surface area contributed by atoms with Crippen LogP contribution in [-0.2, 0) is 11.2 Å². The normalized spacial score (nSPS) is 25.9. The molecule has 29 heavy (non-hydrogen) atoms. The van der Waals surface area contributed by atoms with Crippen molar-refractivity contribution in [2.24, 2.45) is 11.8 Å². The molecule has 0 spiro atoms. The number of amides is 1. The molecule has 2 heterocycles. The lowest BCUT2D eigenvalue weighted by Crippen LogP contribution is -2.52. The summed E-state index contributed by atoms with van der Waals surface area (Å²) in [5, 5.41) is 24.5. The molecule has 1 saturated carbocycles. The van der Waals surface area contributed by atoms with E-state index in [2.05, 4.69) is 29.7 Å². The van der Waals surface area contributed by atoms with E-state index in [1.165, 1.54) is 17.4 Å². The second-order valence-corrected chi connectivity index (χ2v) is 9.01. The van der Waals surface area contributed by atoms with E-state index in [0.717, 1.165) is 17.7 Å². The number of benzene rings is 1. The first kappa shape index (κ1) is 19.6. The molecule has 7 heteroatoms. The fourth-order valence-corrected chi connectivity index (χ4v) is 5.36. The van der Waals surface area contributed by atoms with Crippen molar-refractivity contribution in [3.63, 3.8) is 0 Å². The fraction of sp³-hybridized carbons (Fsp3) is 0.409. The highest BCUT2D eigenvalue weighted by atomic mass is 32.1. The predicted octanol–water partition coefficient (Wildman–Crippen LogP) is 3.36. The summed E-state index contributed by atoms with van der Waals surface area (Å²) in [5.74, 6) is 0.214. The zero-order valence-corrected chi connectivity index (χ0v) is 16.8. The highest BCUT2D eigenvalue weighted by molar-refractivity contribution is 7.16. The molecule has 2 N–H and O–H groups in total. The zero-order valence-electron chi connectivity index (χ0n) is 16.0. The van der Waals surface area contributed by atoms with Gasteiger partial charge in [0, 0.05) is 17.3 Å². The second-order valence-electron chi connectivity index (χ2n) is 7.93. The quantitative estimate of drug-likeness (QED) is 0.794. The number of nitrogens with one attached hydrogen (secondary N) is 2. The average Bonchev–Trinajstić information content (AvgIpc) is 3.43. The van der Waals surface area contributed by atoms with Crippen molar-refractivity contribution in [3.8, 4) is 22.6 Å². The van der Waals surface area contributed by atoms with E-state index >= 15 is 0 Å². The molecule has 5 nitrogen and oxygen atoms in total. The molecular weight excluding hydrogens is 387 g/mol. The van der Waals surface area contributed by atoms with Crippen molar-refractivity contribution in [2.75, 3.05) is 0 Å². The van der Waals surface area contributed by atoms with Crippen LogP contribution >= 0.6 is 11.3 Å². The summed E-state index contributed by atoms with van der Waals surface area (Å²) in [6, 6.07) is 11.8. The highest BCUT2D eigenvalue weighted by Gasteiger charge is 2.47. The van der Waals surface area contributed by atoms with E-state index in [9.17, 15) is 14.4 Å². The molecule has 4 rings (SSSR count). The average molecular weight is 409 g/mol. The molecule has 5 atom stereocenters. The van der Waals surface area contributed by atoms with Crippen molar-refractivity contribution in [1.82, 2.24) is 10.6 Å². The summed E-state index contributed by atoms with van der Waals surface area (Å²) in [4.78, 5) is 14.0. The molecule has 2 fully saturated rings. The number of halogens is 1. The number of piperidine rings is 1. The van der Waals surface area contributed by atoms with E-state index in [1.807, 2.05) is 0 Å². The summed E-state index contributed by atoms with van der Waals surface area (Å²) >= 11 is 1.30. The Morgan fingerprint density at radius 3 is 2.79 bits per heavy atom. The summed E-state index contributed by atoms with van der Waals surface area (Å²) in [7, 11) is 0. The molecule has 2 bridgehead atoms. The Hall–Kier alpha value is -2.74. The molecule has 1 aromatic carbocycles. The van der Waals surface area contributed by atoms with Gasteiger partial charge in [-0.3, -0.25) is 4.79 Å².